The van der Waals surface area contributed by atoms with Crippen molar-refractivity contribution in [3.8, 4) is 22.6 Å². The lowest BCUT2D eigenvalue weighted by atomic mass is 9.94. The van der Waals surface area contributed by atoms with Crippen LogP contribution in [0.25, 0.3) is 11.1 Å². The summed E-state index contributed by atoms with van der Waals surface area (Å²) in [6.07, 6.45) is 8.44. The zero-order valence-electron chi connectivity index (χ0n) is 17.5. The summed E-state index contributed by atoms with van der Waals surface area (Å²) in [6.45, 7) is 0.677. The van der Waals surface area contributed by atoms with Gasteiger partial charge >= 0.3 is 0 Å². The van der Waals surface area contributed by atoms with Crippen LogP contribution in [0.4, 0.5) is 0 Å². The molecule has 2 aromatic heterocycles. The Morgan fingerprint density at radius 2 is 1.90 bits per heavy atom. The van der Waals surface area contributed by atoms with Crippen LogP contribution in [0.5, 0.6) is 11.5 Å². The van der Waals surface area contributed by atoms with Crippen molar-refractivity contribution in [1.29, 1.82) is 0 Å². The zero-order chi connectivity index (χ0) is 21.1. The van der Waals surface area contributed by atoms with Crippen molar-refractivity contribution in [3.63, 3.8) is 0 Å². The van der Waals surface area contributed by atoms with Gasteiger partial charge in [-0.15, -0.1) is 0 Å². The number of carbonyl (C=O) groups is 1. The lowest BCUT2D eigenvalue weighted by Crippen LogP contribution is -2.39. The van der Waals surface area contributed by atoms with Crippen molar-refractivity contribution >= 4 is 5.91 Å². The van der Waals surface area contributed by atoms with Gasteiger partial charge in [0.1, 0.15) is 0 Å². The number of benzene rings is 1. The maximum absolute atomic E-state index is 13.6. The normalized spacial score (nSPS) is 16.4. The molecule has 1 aliphatic rings. The number of hydrogen-bond donors (Lipinski definition) is 0. The van der Waals surface area contributed by atoms with Gasteiger partial charge in [-0.3, -0.25) is 14.5 Å². The first-order chi connectivity index (χ1) is 14.6. The summed E-state index contributed by atoms with van der Waals surface area (Å²) in [5, 5.41) is 4.76. The Bertz CT molecular complexity index is 1030. The average Bonchev–Trinajstić information content (AvgIpc) is 3.20. The first-order valence-electron chi connectivity index (χ1n) is 10.1. The predicted molar refractivity (Wildman–Crippen MR) is 114 cm³/mol. The molecule has 1 aliphatic heterocycles. The zero-order valence-corrected chi connectivity index (χ0v) is 17.5. The maximum atomic E-state index is 13.6. The lowest BCUT2D eigenvalue weighted by Gasteiger charge is -2.35. The molecule has 4 rings (SSSR count). The summed E-state index contributed by atoms with van der Waals surface area (Å²) in [5.41, 5.74) is 3.50. The Morgan fingerprint density at radius 1 is 1.10 bits per heavy atom. The number of nitrogens with zero attached hydrogens (tertiary/aromatic N) is 4. The van der Waals surface area contributed by atoms with Crippen LogP contribution < -0.4 is 9.47 Å². The van der Waals surface area contributed by atoms with Crippen LogP contribution in [0, 0.1) is 0 Å². The third kappa shape index (κ3) is 3.63. The standard InChI is InChI=1S/C23H26N4O3/c1-26-15-18(16-10-12-24-13-11-16)21(25-26)19-8-4-5-14-27(19)23(28)17-7-6-9-20(29-2)22(17)30-3/h6-7,9-13,15,19H,4-5,8,14H2,1-3H3/t19-/m0/s1. The van der Waals surface area contributed by atoms with Gasteiger partial charge in [-0.05, 0) is 49.1 Å². The third-order valence-corrected chi connectivity index (χ3v) is 5.56. The molecule has 1 amide bonds. The van der Waals surface area contributed by atoms with E-state index in [1.165, 1.54) is 0 Å². The molecule has 0 radical (unpaired) electrons. The van der Waals surface area contributed by atoms with Gasteiger partial charge in [-0.2, -0.15) is 5.10 Å². The Labute approximate surface area is 176 Å². The van der Waals surface area contributed by atoms with Crippen molar-refractivity contribution < 1.29 is 14.3 Å². The van der Waals surface area contributed by atoms with E-state index in [4.69, 9.17) is 14.6 Å². The van der Waals surface area contributed by atoms with Crippen LogP contribution in [-0.4, -0.2) is 46.3 Å². The molecule has 0 bridgehead atoms. The van der Waals surface area contributed by atoms with E-state index in [0.29, 0.717) is 23.6 Å². The molecule has 7 nitrogen and oxygen atoms in total. The van der Waals surface area contributed by atoms with Gasteiger partial charge in [0.2, 0.25) is 0 Å². The third-order valence-electron chi connectivity index (χ3n) is 5.56. The number of methoxy groups -OCH3 is 2. The molecule has 1 atom stereocenters. The molecule has 1 saturated heterocycles. The molecule has 0 aliphatic carbocycles. The van der Waals surface area contributed by atoms with Crippen molar-refractivity contribution in [3.05, 3.63) is 60.2 Å². The van der Waals surface area contributed by atoms with Crippen molar-refractivity contribution in [2.45, 2.75) is 25.3 Å². The van der Waals surface area contributed by atoms with E-state index < -0.39 is 0 Å². The minimum absolute atomic E-state index is 0.0678. The molecule has 3 heterocycles. The molecule has 1 fully saturated rings. The number of piperidine rings is 1. The highest BCUT2D eigenvalue weighted by molar-refractivity contribution is 5.98. The van der Waals surface area contributed by atoms with Crippen LogP contribution >= 0.6 is 0 Å². The SMILES string of the molecule is COc1cccc(C(=O)N2CCCC[C@H]2c2nn(C)cc2-c2ccncc2)c1OC. The first kappa shape index (κ1) is 19.9. The van der Waals surface area contributed by atoms with E-state index in [-0.39, 0.29) is 11.9 Å². The molecule has 0 N–H and O–H groups in total. The molecule has 3 aromatic rings. The van der Waals surface area contributed by atoms with E-state index in [1.807, 2.05) is 41.0 Å². The molecule has 0 spiro atoms. The minimum Gasteiger partial charge on any atom is -0.493 e. The van der Waals surface area contributed by atoms with Gasteiger partial charge < -0.3 is 14.4 Å². The average molecular weight is 406 g/mol. The van der Waals surface area contributed by atoms with Gasteiger partial charge in [0.15, 0.2) is 11.5 Å². The Hall–Kier alpha value is -3.35. The molecule has 30 heavy (non-hydrogen) atoms. The highest BCUT2D eigenvalue weighted by Gasteiger charge is 2.34. The number of para-hydroxylation sites is 1. The molecular formula is C23H26N4O3. The molecular weight excluding hydrogens is 380 g/mol. The van der Waals surface area contributed by atoms with E-state index >= 15 is 0 Å². The highest BCUT2D eigenvalue weighted by Crippen LogP contribution is 2.39. The second kappa shape index (κ2) is 8.57. The number of aromatic nitrogens is 3. The molecule has 1 aromatic carbocycles. The summed E-state index contributed by atoms with van der Waals surface area (Å²) in [5.74, 6) is 0.943. The highest BCUT2D eigenvalue weighted by atomic mass is 16.5. The van der Waals surface area contributed by atoms with Crippen LogP contribution in [-0.2, 0) is 7.05 Å². The smallest absolute Gasteiger partial charge is 0.258 e. The van der Waals surface area contributed by atoms with Gasteiger partial charge in [-0.25, -0.2) is 0 Å². The number of likely N-dealkylation sites (tertiary alicyclic amines) is 1. The second-order valence-corrected chi connectivity index (χ2v) is 7.39. The number of ether oxygens (including phenoxy) is 2. The number of amides is 1. The lowest BCUT2D eigenvalue weighted by molar-refractivity contribution is 0.0602. The summed E-state index contributed by atoms with van der Waals surface area (Å²) in [4.78, 5) is 19.7. The van der Waals surface area contributed by atoms with Crippen molar-refractivity contribution in [2.75, 3.05) is 20.8 Å². The molecule has 156 valence electrons. The van der Waals surface area contributed by atoms with E-state index in [9.17, 15) is 4.79 Å². The summed E-state index contributed by atoms with van der Waals surface area (Å²) in [7, 11) is 5.04. The minimum atomic E-state index is -0.105. The quantitative estimate of drug-likeness (QED) is 0.643. The number of aryl methyl sites for hydroxylation is 1. The maximum Gasteiger partial charge on any atom is 0.258 e. The number of carbonyl (C=O) groups excluding carboxylic acids is 1. The fourth-order valence-electron chi connectivity index (χ4n) is 4.17. The largest absolute Gasteiger partial charge is 0.493 e. The van der Waals surface area contributed by atoms with Crippen LogP contribution in [0.2, 0.25) is 0 Å². The number of pyridine rings is 1. The number of rotatable bonds is 5. The van der Waals surface area contributed by atoms with Crippen molar-refractivity contribution in [1.82, 2.24) is 19.7 Å². The summed E-state index contributed by atoms with van der Waals surface area (Å²) < 4.78 is 12.7. The predicted octanol–water partition coefficient (Wildman–Crippen LogP) is 3.87. The molecule has 0 unspecified atom stereocenters. The summed E-state index contributed by atoms with van der Waals surface area (Å²) in [6, 6.07) is 9.24. The van der Waals surface area contributed by atoms with Gasteiger partial charge in [0.25, 0.3) is 5.91 Å². The Kier molecular flexibility index (Phi) is 5.70. The van der Waals surface area contributed by atoms with E-state index in [0.717, 1.165) is 36.1 Å². The van der Waals surface area contributed by atoms with Crippen molar-refractivity contribution in [2.24, 2.45) is 7.05 Å². The number of hydrogen-bond acceptors (Lipinski definition) is 5. The Balaban J connectivity index is 1.75. The van der Waals surface area contributed by atoms with E-state index in [1.54, 1.807) is 38.7 Å². The van der Waals surface area contributed by atoms with Gasteiger partial charge in [0, 0.05) is 37.7 Å². The topological polar surface area (TPSA) is 69.5 Å². The fourth-order valence-corrected chi connectivity index (χ4v) is 4.17. The summed E-state index contributed by atoms with van der Waals surface area (Å²) >= 11 is 0. The van der Waals surface area contributed by atoms with Gasteiger partial charge in [-0.1, -0.05) is 6.07 Å². The van der Waals surface area contributed by atoms with Crippen LogP contribution in [0.3, 0.4) is 0 Å². The Morgan fingerprint density at radius 3 is 2.63 bits per heavy atom. The van der Waals surface area contributed by atoms with Crippen LogP contribution in [0.15, 0.2) is 48.9 Å². The van der Waals surface area contributed by atoms with Crippen LogP contribution in [0.1, 0.15) is 41.4 Å². The molecule has 0 saturated carbocycles. The monoisotopic (exact) mass is 406 g/mol. The molecule has 7 heteroatoms. The first-order valence-corrected chi connectivity index (χ1v) is 10.1. The van der Waals surface area contributed by atoms with Gasteiger partial charge in [0.05, 0.1) is 31.5 Å². The van der Waals surface area contributed by atoms with E-state index in [2.05, 4.69) is 4.98 Å². The fraction of sp³-hybridized carbons (Fsp3) is 0.348. The second-order valence-electron chi connectivity index (χ2n) is 7.39.